The summed E-state index contributed by atoms with van der Waals surface area (Å²) in [6, 6.07) is 1.80. The smallest absolute Gasteiger partial charge is 0.340 e. The number of amides is 1. The van der Waals surface area contributed by atoms with Crippen LogP contribution in [0.1, 0.15) is 42.4 Å². The van der Waals surface area contributed by atoms with E-state index in [1.54, 1.807) is 6.07 Å². The molecule has 6 heteroatoms. The highest BCUT2D eigenvalue weighted by Crippen LogP contribution is 2.29. The van der Waals surface area contributed by atoms with Crippen LogP contribution in [-0.4, -0.2) is 43.5 Å². The third-order valence-corrected chi connectivity index (χ3v) is 5.30. The van der Waals surface area contributed by atoms with Gasteiger partial charge in [0.25, 0.3) is 0 Å². The molecule has 0 aliphatic carbocycles. The summed E-state index contributed by atoms with van der Waals surface area (Å²) in [6.07, 6.45) is 2.04. The Bertz CT molecular complexity index is 560. The van der Waals surface area contributed by atoms with Gasteiger partial charge in [-0.25, -0.2) is 4.79 Å². The average molecular weight is 338 g/mol. The molecule has 0 unspecified atom stereocenters. The normalized spacial score (nSPS) is 21.9. The lowest BCUT2D eigenvalue weighted by molar-refractivity contribution is -0.117. The molecule has 1 fully saturated rings. The Balaban J connectivity index is 2.02. The van der Waals surface area contributed by atoms with Crippen LogP contribution in [0.5, 0.6) is 0 Å². The second-order valence-corrected chi connectivity index (χ2v) is 7.63. The van der Waals surface area contributed by atoms with Crippen LogP contribution in [0.15, 0.2) is 6.07 Å². The molecular formula is C17H26N2O3S. The number of carbonyl (C=O) groups excluding carboxylic acids is 2. The first kappa shape index (κ1) is 17.9. The zero-order valence-electron chi connectivity index (χ0n) is 14.3. The highest BCUT2D eigenvalue weighted by molar-refractivity contribution is 7.16. The fourth-order valence-electron chi connectivity index (χ4n) is 3.26. The summed E-state index contributed by atoms with van der Waals surface area (Å²) in [5.41, 5.74) is 0.447. The lowest BCUT2D eigenvalue weighted by Gasteiger charge is -2.34. The van der Waals surface area contributed by atoms with Crippen molar-refractivity contribution in [2.75, 3.05) is 32.1 Å². The van der Waals surface area contributed by atoms with Crippen LogP contribution in [0, 0.1) is 11.8 Å². The fraction of sp³-hybridized carbons (Fsp3) is 0.647. The van der Waals surface area contributed by atoms with Crippen molar-refractivity contribution in [2.45, 2.75) is 33.6 Å². The molecule has 1 aliphatic rings. The molecule has 1 saturated heterocycles. The van der Waals surface area contributed by atoms with Crippen LogP contribution < -0.4 is 5.32 Å². The molecule has 23 heavy (non-hydrogen) atoms. The van der Waals surface area contributed by atoms with Crippen molar-refractivity contribution in [3.63, 3.8) is 0 Å². The monoisotopic (exact) mass is 338 g/mol. The Morgan fingerprint density at radius 1 is 1.35 bits per heavy atom. The number of methoxy groups -OCH3 is 1. The molecule has 0 saturated carbocycles. The molecule has 2 atom stereocenters. The molecule has 2 rings (SSSR count). The van der Waals surface area contributed by atoms with Gasteiger partial charge in [-0.05, 0) is 30.7 Å². The highest BCUT2D eigenvalue weighted by Gasteiger charge is 2.24. The van der Waals surface area contributed by atoms with E-state index in [-0.39, 0.29) is 5.91 Å². The van der Waals surface area contributed by atoms with E-state index in [0.717, 1.165) is 24.4 Å². The third-order valence-electron chi connectivity index (χ3n) is 4.10. The van der Waals surface area contributed by atoms with Crippen LogP contribution in [0.3, 0.4) is 0 Å². The van der Waals surface area contributed by atoms with Crippen molar-refractivity contribution < 1.29 is 14.3 Å². The quantitative estimate of drug-likeness (QED) is 0.839. The lowest BCUT2D eigenvalue weighted by atomic mass is 9.92. The molecule has 0 bridgehead atoms. The minimum atomic E-state index is -0.406. The number of thiophene rings is 1. The Morgan fingerprint density at radius 3 is 2.57 bits per heavy atom. The van der Waals surface area contributed by atoms with Crippen molar-refractivity contribution in [1.29, 1.82) is 0 Å². The summed E-state index contributed by atoms with van der Waals surface area (Å²) in [6.45, 7) is 8.74. The van der Waals surface area contributed by atoms with E-state index in [1.165, 1.54) is 24.9 Å². The van der Waals surface area contributed by atoms with E-state index in [2.05, 4.69) is 24.1 Å². The maximum absolute atomic E-state index is 12.4. The first-order valence-electron chi connectivity index (χ1n) is 8.16. The van der Waals surface area contributed by atoms with E-state index in [9.17, 15) is 9.59 Å². The molecule has 0 radical (unpaired) electrons. The van der Waals surface area contributed by atoms with Gasteiger partial charge in [-0.2, -0.15) is 0 Å². The van der Waals surface area contributed by atoms with Gasteiger partial charge in [-0.3, -0.25) is 9.69 Å². The highest BCUT2D eigenvalue weighted by atomic mass is 32.1. The molecule has 0 aromatic carbocycles. The molecular weight excluding hydrogens is 312 g/mol. The standard InChI is InChI=1S/C17H26N2O3S/c1-5-13-7-14(17(21)22-4)16(23-13)18-15(20)10-19-8-11(2)6-12(3)9-19/h7,11-12H,5-6,8-10H2,1-4H3,(H,18,20)/t11-,12-/m0/s1. The van der Waals surface area contributed by atoms with Crippen LogP contribution in [0.2, 0.25) is 0 Å². The SMILES string of the molecule is CCc1cc(C(=O)OC)c(NC(=O)CN2C[C@@H](C)C[C@H](C)C2)s1. The summed E-state index contributed by atoms with van der Waals surface area (Å²) in [7, 11) is 1.35. The Kier molecular flexibility index (Phi) is 6.18. The summed E-state index contributed by atoms with van der Waals surface area (Å²) in [4.78, 5) is 27.5. The van der Waals surface area contributed by atoms with Crippen molar-refractivity contribution in [3.05, 3.63) is 16.5 Å². The molecule has 1 amide bonds. The summed E-state index contributed by atoms with van der Waals surface area (Å²) in [5, 5.41) is 3.49. The van der Waals surface area contributed by atoms with Gasteiger partial charge in [0.2, 0.25) is 5.91 Å². The molecule has 1 aromatic rings. The van der Waals surface area contributed by atoms with E-state index in [0.29, 0.717) is 28.9 Å². The van der Waals surface area contributed by atoms with Gasteiger partial charge in [-0.1, -0.05) is 20.8 Å². The van der Waals surface area contributed by atoms with Crippen LogP contribution in [0.4, 0.5) is 5.00 Å². The first-order valence-corrected chi connectivity index (χ1v) is 8.97. The number of ether oxygens (including phenoxy) is 1. The van der Waals surface area contributed by atoms with Crippen LogP contribution >= 0.6 is 11.3 Å². The number of anilines is 1. The summed E-state index contributed by atoms with van der Waals surface area (Å²) in [5.74, 6) is 0.758. The summed E-state index contributed by atoms with van der Waals surface area (Å²) >= 11 is 1.44. The van der Waals surface area contributed by atoms with Gasteiger partial charge in [0, 0.05) is 18.0 Å². The van der Waals surface area contributed by atoms with Crippen molar-refractivity contribution in [3.8, 4) is 0 Å². The van der Waals surface area contributed by atoms with Crippen molar-refractivity contribution in [2.24, 2.45) is 11.8 Å². The van der Waals surface area contributed by atoms with E-state index in [1.807, 2.05) is 6.92 Å². The minimum Gasteiger partial charge on any atom is -0.465 e. The van der Waals surface area contributed by atoms with E-state index >= 15 is 0 Å². The number of nitrogens with zero attached hydrogens (tertiary/aromatic N) is 1. The molecule has 0 spiro atoms. The molecule has 1 aromatic heterocycles. The topological polar surface area (TPSA) is 58.6 Å². The minimum absolute atomic E-state index is 0.0686. The number of carbonyl (C=O) groups is 2. The zero-order chi connectivity index (χ0) is 17.0. The summed E-state index contributed by atoms with van der Waals surface area (Å²) < 4.78 is 4.80. The Labute approximate surface area is 142 Å². The van der Waals surface area contributed by atoms with Crippen molar-refractivity contribution in [1.82, 2.24) is 4.90 Å². The lowest BCUT2D eigenvalue weighted by Crippen LogP contribution is -2.42. The fourth-order valence-corrected chi connectivity index (χ4v) is 4.26. The maximum Gasteiger partial charge on any atom is 0.340 e. The first-order chi connectivity index (χ1) is 10.9. The molecule has 5 nitrogen and oxygen atoms in total. The zero-order valence-corrected chi connectivity index (χ0v) is 15.2. The molecule has 128 valence electrons. The van der Waals surface area contributed by atoms with Gasteiger partial charge < -0.3 is 10.1 Å². The van der Waals surface area contributed by atoms with Gasteiger partial charge in [0.05, 0.1) is 19.2 Å². The largest absolute Gasteiger partial charge is 0.465 e. The number of piperidine rings is 1. The molecule has 1 N–H and O–H groups in total. The van der Waals surface area contributed by atoms with Gasteiger partial charge in [0.15, 0.2) is 0 Å². The van der Waals surface area contributed by atoms with Crippen molar-refractivity contribution >= 4 is 28.2 Å². The number of likely N-dealkylation sites (tertiary alicyclic amines) is 1. The number of aryl methyl sites for hydroxylation is 1. The predicted octanol–water partition coefficient (Wildman–Crippen LogP) is 3.01. The van der Waals surface area contributed by atoms with Gasteiger partial charge in [0.1, 0.15) is 5.00 Å². The third kappa shape index (κ3) is 4.78. The molecule has 2 heterocycles. The number of nitrogens with one attached hydrogen (secondary N) is 1. The predicted molar refractivity (Wildman–Crippen MR) is 93.1 cm³/mol. The van der Waals surface area contributed by atoms with Crippen LogP contribution in [-0.2, 0) is 16.0 Å². The average Bonchev–Trinajstić information content (AvgIpc) is 2.88. The Hall–Kier alpha value is -1.40. The number of hydrogen-bond donors (Lipinski definition) is 1. The van der Waals surface area contributed by atoms with Gasteiger partial charge in [-0.15, -0.1) is 11.3 Å². The number of hydrogen-bond acceptors (Lipinski definition) is 5. The Morgan fingerprint density at radius 2 is 2.00 bits per heavy atom. The van der Waals surface area contributed by atoms with E-state index < -0.39 is 5.97 Å². The molecule has 1 aliphatic heterocycles. The second kappa shape index (κ2) is 7.93. The van der Waals surface area contributed by atoms with Gasteiger partial charge >= 0.3 is 5.97 Å². The number of esters is 1. The second-order valence-electron chi connectivity index (χ2n) is 6.49. The van der Waals surface area contributed by atoms with Crippen LogP contribution in [0.25, 0.3) is 0 Å². The number of rotatable bonds is 5. The van der Waals surface area contributed by atoms with E-state index in [4.69, 9.17) is 4.74 Å². The maximum atomic E-state index is 12.4.